The molecule has 0 heterocycles. The first-order valence-electron chi connectivity index (χ1n) is 6.10. The molecule has 0 aliphatic carbocycles. The number of halogens is 3. The third-order valence-electron chi connectivity index (χ3n) is 3.13. The van der Waals surface area contributed by atoms with E-state index >= 15 is 0 Å². The van der Waals surface area contributed by atoms with Crippen LogP contribution in [-0.4, -0.2) is 14.2 Å². The van der Waals surface area contributed by atoms with Gasteiger partial charge in [0, 0.05) is 11.6 Å². The van der Waals surface area contributed by atoms with Crippen LogP contribution in [-0.2, 0) is 0 Å². The fourth-order valence-corrected chi connectivity index (χ4v) is 1.97. The van der Waals surface area contributed by atoms with E-state index in [1.165, 1.54) is 14.2 Å². The molecule has 2 aromatic carbocycles. The fraction of sp³-hybridized carbons (Fsp3) is 0.200. The van der Waals surface area contributed by atoms with Gasteiger partial charge < -0.3 is 15.2 Å². The van der Waals surface area contributed by atoms with Gasteiger partial charge in [0.05, 0.1) is 20.3 Å². The lowest BCUT2D eigenvalue weighted by molar-refractivity contribution is 0.392. The predicted molar refractivity (Wildman–Crippen MR) is 71.9 cm³/mol. The Morgan fingerprint density at radius 1 is 0.905 bits per heavy atom. The lowest BCUT2D eigenvalue weighted by Crippen LogP contribution is -2.15. The van der Waals surface area contributed by atoms with E-state index in [-0.39, 0.29) is 5.56 Å². The molecule has 0 bridgehead atoms. The second-order valence-electron chi connectivity index (χ2n) is 4.39. The van der Waals surface area contributed by atoms with E-state index in [9.17, 15) is 13.2 Å². The van der Waals surface area contributed by atoms with Crippen molar-refractivity contribution in [3.8, 4) is 11.5 Å². The van der Waals surface area contributed by atoms with Crippen molar-refractivity contribution >= 4 is 0 Å². The van der Waals surface area contributed by atoms with Crippen molar-refractivity contribution in [2.75, 3.05) is 14.2 Å². The Hall–Kier alpha value is -2.21. The molecule has 6 heteroatoms. The zero-order valence-corrected chi connectivity index (χ0v) is 11.5. The molecular formula is C15H14F3NO2. The molecule has 112 valence electrons. The summed E-state index contributed by atoms with van der Waals surface area (Å²) in [5, 5.41) is 0. The van der Waals surface area contributed by atoms with Crippen LogP contribution >= 0.6 is 0 Å². The van der Waals surface area contributed by atoms with E-state index in [1.807, 2.05) is 0 Å². The number of nitrogens with two attached hydrogens (primary N) is 1. The van der Waals surface area contributed by atoms with Gasteiger partial charge in [-0.2, -0.15) is 0 Å². The standard InChI is InChI=1S/C15H14F3NO2/c1-20-9-5-8(6-10(7-9)21-2)15(19)11-3-4-12(16)14(18)13(11)17/h3-7,15H,19H2,1-2H3. The maximum Gasteiger partial charge on any atom is 0.194 e. The van der Waals surface area contributed by atoms with Crippen molar-refractivity contribution in [1.82, 2.24) is 0 Å². The van der Waals surface area contributed by atoms with Crippen molar-refractivity contribution < 1.29 is 22.6 Å². The Morgan fingerprint density at radius 2 is 1.48 bits per heavy atom. The first kappa shape index (κ1) is 15.2. The van der Waals surface area contributed by atoms with E-state index in [2.05, 4.69) is 0 Å². The zero-order chi connectivity index (χ0) is 15.6. The highest BCUT2D eigenvalue weighted by Crippen LogP contribution is 2.30. The Morgan fingerprint density at radius 3 is 2.00 bits per heavy atom. The second-order valence-corrected chi connectivity index (χ2v) is 4.39. The van der Waals surface area contributed by atoms with E-state index < -0.39 is 23.5 Å². The minimum absolute atomic E-state index is 0.149. The van der Waals surface area contributed by atoms with Crippen LogP contribution < -0.4 is 15.2 Å². The van der Waals surface area contributed by atoms with Gasteiger partial charge in [-0.05, 0) is 23.8 Å². The van der Waals surface area contributed by atoms with E-state index in [1.54, 1.807) is 18.2 Å². The Balaban J connectivity index is 2.49. The second kappa shape index (κ2) is 6.05. The largest absolute Gasteiger partial charge is 0.497 e. The van der Waals surface area contributed by atoms with E-state index in [0.717, 1.165) is 12.1 Å². The zero-order valence-electron chi connectivity index (χ0n) is 11.5. The van der Waals surface area contributed by atoms with Crippen LogP contribution in [0.15, 0.2) is 30.3 Å². The highest BCUT2D eigenvalue weighted by atomic mass is 19.2. The minimum Gasteiger partial charge on any atom is -0.497 e. The summed E-state index contributed by atoms with van der Waals surface area (Å²) < 4.78 is 50.3. The van der Waals surface area contributed by atoms with Crippen LogP contribution in [0.4, 0.5) is 13.2 Å². The molecule has 0 saturated heterocycles. The summed E-state index contributed by atoms with van der Waals surface area (Å²) in [6, 6.07) is 5.75. The Kier molecular flexibility index (Phi) is 4.37. The van der Waals surface area contributed by atoms with Crippen LogP contribution in [0.3, 0.4) is 0 Å². The average molecular weight is 297 g/mol. The lowest BCUT2D eigenvalue weighted by Gasteiger charge is -2.16. The molecule has 1 unspecified atom stereocenters. The van der Waals surface area contributed by atoms with Gasteiger partial charge in [0.15, 0.2) is 17.5 Å². The number of hydrogen-bond donors (Lipinski definition) is 1. The number of ether oxygens (including phenoxy) is 2. The molecule has 0 aromatic heterocycles. The normalized spacial score (nSPS) is 12.1. The summed E-state index contributed by atoms with van der Waals surface area (Å²) >= 11 is 0. The molecular weight excluding hydrogens is 283 g/mol. The summed E-state index contributed by atoms with van der Waals surface area (Å²) in [5.74, 6) is -3.18. The molecule has 21 heavy (non-hydrogen) atoms. The quantitative estimate of drug-likeness (QED) is 0.882. The van der Waals surface area contributed by atoms with Crippen LogP contribution in [0.5, 0.6) is 11.5 Å². The number of methoxy groups -OCH3 is 2. The van der Waals surface area contributed by atoms with Crippen molar-refractivity contribution in [1.29, 1.82) is 0 Å². The van der Waals surface area contributed by atoms with Crippen LogP contribution in [0.2, 0.25) is 0 Å². The lowest BCUT2D eigenvalue weighted by atomic mass is 9.98. The third kappa shape index (κ3) is 2.95. The van der Waals surface area contributed by atoms with Gasteiger partial charge in [0.2, 0.25) is 0 Å². The molecule has 1 atom stereocenters. The van der Waals surface area contributed by atoms with Crippen molar-refractivity contribution in [2.24, 2.45) is 5.73 Å². The molecule has 0 aliphatic rings. The molecule has 2 rings (SSSR count). The van der Waals surface area contributed by atoms with Gasteiger partial charge in [0.25, 0.3) is 0 Å². The van der Waals surface area contributed by atoms with Crippen molar-refractivity contribution in [3.05, 3.63) is 58.9 Å². The summed E-state index contributed by atoms with van der Waals surface area (Å²) in [6.45, 7) is 0. The first-order chi connectivity index (χ1) is 9.97. The molecule has 2 N–H and O–H groups in total. The molecule has 0 radical (unpaired) electrons. The molecule has 0 aliphatic heterocycles. The summed E-state index contributed by atoms with van der Waals surface area (Å²) in [4.78, 5) is 0. The van der Waals surface area contributed by atoms with Gasteiger partial charge >= 0.3 is 0 Å². The van der Waals surface area contributed by atoms with E-state index in [4.69, 9.17) is 15.2 Å². The van der Waals surface area contributed by atoms with Crippen LogP contribution in [0.1, 0.15) is 17.2 Å². The van der Waals surface area contributed by atoms with Crippen molar-refractivity contribution in [3.63, 3.8) is 0 Å². The number of benzene rings is 2. The number of hydrogen-bond acceptors (Lipinski definition) is 3. The maximum absolute atomic E-state index is 13.8. The van der Waals surface area contributed by atoms with Gasteiger partial charge in [-0.15, -0.1) is 0 Å². The topological polar surface area (TPSA) is 44.5 Å². The molecule has 3 nitrogen and oxygen atoms in total. The summed E-state index contributed by atoms with van der Waals surface area (Å²) in [5.41, 5.74) is 6.25. The Bertz CT molecular complexity index is 639. The minimum atomic E-state index is -1.54. The van der Waals surface area contributed by atoms with Gasteiger partial charge in [-0.1, -0.05) is 6.07 Å². The van der Waals surface area contributed by atoms with Crippen LogP contribution in [0, 0.1) is 17.5 Å². The van der Waals surface area contributed by atoms with Gasteiger partial charge in [0.1, 0.15) is 11.5 Å². The summed E-state index contributed by atoms with van der Waals surface area (Å²) in [7, 11) is 2.92. The molecule has 2 aromatic rings. The molecule has 0 saturated carbocycles. The number of rotatable bonds is 4. The third-order valence-corrected chi connectivity index (χ3v) is 3.13. The predicted octanol–water partition coefficient (Wildman–Crippen LogP) is 3.17. The first-order valence-corrected chi connectivity index (χ1v) is 6.10. The highest BCUT2D eigenvalue weighted by Gasteiger charge is 2.20. The monoisotopic (exact) mass is 297 g/mol. The van der Waals surface area contributed by atoms with Gasteiger partial charge in [-0.25, -0.2) is 13.2 Å². The van der Waals surface area contributed by atoms with Crippen LogP contribution in [0.25, 0.3) is 0 Å². The maximum atomic E-state index is 13.8. The molecule has 0 amide bonds. The fourth-order valence-electron chi connectivity index (χ4n) is 1.97. The smallest absolute Gasteiger partial charge is 0.194 e. The highest BCUT2D eigenvalue weighted by molar-refractivity contribution is 5.43. The molecule has 0 spiro atoms. The molecule has 0 fully saturated rings. The average Bonchev–Trinajstić information content (AvgIpc) is 2.51. The van der Waals surface area contributed by atoms with Gasteiger partial charge in [-0.3, -0.25) is 0 Å². The Labute approximate surface area is 120 Å². The summed E-state index contributed by atoms with van der Waals surface area (Å²) in [6.07, 6.45) is 0. The van der Waals surface area contributed by atoms with Crippen molar-refractivity contribution in [2.45, 2.75) is 6.04 Å². The SMILES string of the molecule is COc1cc(OC)cc(C(N)c2ccc(F)c(F)c2F)c1. The van der Waals surface area contributed by atoms with E-state index in [0.29, 0.717) is 17.1 Å².